The van der Waals surface area contributed by atoms with Gasteiger partial charge in [0, 0.05) is 14.2 Å². The molecule has 2 N–H and O–H groups in total. The topological polar surface area (TPSA) is 62.3 Å². The molecule has 5 heteroatoms. The molecule has 18 heavy (non-hydrogen) atoms. The van der Waals surface area contributed by atoms with Crippen molar-refractivity contribution in [3.05, 3.63) is 23.8 Å². The fraction of sp³-hybridized carbons (Fsp3) is 0.462. The summed E-state index contributed by atoms with van der Waals surface area (Å²) in [6.45, 7) is 3.22. The van der Waals surface area contributed by atoms with Crippen LogP contribution in [-0.4, -0.2) is 36.5 Å². The molecular formula is C13H19N3O2. The lowest BCUT2D eigenvalue weighted by Crippen LogP contribution is -2.24. The lowest BCUT2D eigenvalue weighted by molar-refractivity contribution is 0.0193. The van der Waals surface area contributed by atoms with Crippen molar-refractivity contribution >= 4 is 17.0 Å². The Bertz CT molecular complexity index is 536. The summed E-state index contributed by atoms with van der Waals surface area (Å²) < 4.78 is 12.5. The number of hydrogen-bond donors (Lipinski definition) is 1. The third-order valence-corrected chi connectivity index (χ3v) is 3.07. The number of anilines is 1. The molecule has 0 aliphatic carbocycles. The Hall–Kier alpha value is -1.59. The van der Waals surface area contributed by atoms with E-state index in [1.165, 1.54) is 0 Å². The van der Waals surface area contributed by atoms with Crippen LogP contribution in [0.15, 0.2) is 18.2 Å². The van der Waals surface area contributed by atoms with Gasteiger partial charge in [0.15, 0.2) is 0 Å². The van der Waals surface area contributed by atoms with Gasteiger partial charge in [-0.1, -0.05) is 12.1 Å². The maximum atomic E-state index is 5.98. The van der Waals surface area contributed by atoms with E-state index in [0.717, 1.165) is 16.6 Å². The van der Waals surface area contributed by atoms with Gasteiger partial charge < -0.3 is 19.8 Å². The van der Waals surface area contributed by atoms with Crippen molar-refractivity contribution in [1.29, 1.82) is 0 Å². The molecule has 98 valence electrons. The molecule has 0 bridgehead atoms. The third-order valence-electron chi connectivity index (χ3n) is 3.07. The van der Waals surface area contributed by atoms with E-state index in [0.29, 0.717) is 19.1 Å². The first kappa shape index (κ1) is 12.9. The minimum absolute atomic E-state index is 0.0330. The number of para-hydroxylation sites is 1. The molecule has 0 amide bonds. The van der Waals surface area contributed by atoms with Crippen LogP contribution in [0.5, 0.6) is 0 Å². The van der Waals surface area contributed by atoms with E-state index >= 15 is 0 Å². The Balaban J connectivity index is 2.40. The van der Waals surface area contributed by atoms with E-state index in [-0.39, 0.29) is 6.10 Å². The van der Waals surface area contributed by atoms with Crippen molar-refractivity contribution in [2.45, 2.75) is 19.6 Å². The van der Waals surface area contributed by atoms with E-state index in [9.17, 15) is 0 Å². The van der Waals surface area contributed by atoms with Crippen LogP contribution in [-0.2, 0) is 16.0 Å². The van der Waals surface area contributed by atoms with E-state index in [2.05, 4.69) is 18.0 Å². The van der Waals surface area contributed by atoms with Gasteiger partial charge in [0.25, 0.3) is 0 Å². The van der Waals surface area contributed by atoms with Crippen molar-refractivity contribution in [3.8, 4) is 0 Å². The van der Waals surface area contributed by atoms with Crippen LogP contribution in [0.1, 0.15) is 5.56 Å². The second-order valence-electron chi connectivity index (χ2n) is 4.34. The van der Waals surface area contributed by atoms with Crippen molar-refractivity contribution < 1.29 is 9.47 Å². The third kappa shape index (κ3) is 2.32. The van der Waals surface area contributed by atoms with Crippen molar-refractivity contribution in [3.63, 3.8) is 0 Å². The number of benzene rings is 1. The molecule has 1 aromatic carbocycles. The maximum absolute atomic E-state index is 5.98. The summed E-state index contributed by atoms with van der Waals surface area (Å²) in [5.74, 6) is 0.512. The Morgan fingerprint density at radius 2 is 2.17 bits per heavy atom. The Morgan fingerprint density at radius 1 is 1.39 bits per heavy atom. The van der Waals surface area contributed by atoms with Gasteiger partial charge in [-0.15, -0.1) is 0 Å². The van der Waals surface area contributed by atoms with Gasteiger partial charge in [-0.05, 0) is 18.6 Å². The number of methoxy groups -OCH3 is 2. The molecule has 2 rings (SSSR count). The number of nitrogens with two attached hydrogens (primary N) is 1. The number of nitrogen functional groups attached to an aromatic ring is 1. The number of nitrogens with zero attached hydrogens (tertiary/aromatic N) is 2. The lowest BCUT2D eigenvalue weighted by atomic mass is 10.2. The van der Waals surface area contributed by atoms with Crippen molar-refractivity contribution in [2.75, 3.05) is 26.6 Å². The normalized spacial score (nSPS) is 13.1. The number of aryl methyl sites for hydroxylation is 1. The van der Waals surface area contributed by atoms with E-state index in [1.807, 2.05) is 16.7 Å². The molecular weight excluding hydrogens is 230 g/mol. The average Bonchev–Trinajstić information content (AvgIpc) is 2.66. The first-order valence-electron chi connectivity index (χ1n) is 5.90. The average molecular weight is 249 g/mol. The molecule has 2 aromatic rings. The Morgan fingerprint density at radius 3 is 2.83 bits per heavy atom. The summed E-state index contributed by atoms with van der Waals surface area (Å²) >= 11 is 0. The van der Waals surface area contributed by atoms with E-state index in [1.54, 1.807) is 14.2 Å². The molecule has 1 aromatic heterocycles. The molecule has 0 saturated carbocycles. The minimum atomic E-state index is -0.0330. The first-order chi connectivity index (χ1) is 8.67. The van der Waals surface area contributed by atoms with Gasteiger partial charge in [-0.25, -0.2) is 4.98 Å². The summed E-state index contributed by atoms with van der Waals surface area (Å²) in [5, 5.41) is 0. The monoisotopic (exact) mass is 249 g/mol. The summed E-state index contributed by atoms with van der Waals surface area (Å²) in [5.41, 5.74) is 9.11. The van der Waals surface area contributed by atoms with Gasteiger partial charge in [-0.2, -0.15) is 0 Å². The highest BCUT2D eigenvalue weighted by atomic mass is 16.5. The second kappa shape index (κ2) is 5.37. The summed E-state index contributed by atoms with van der Waals surface area (Å²) in [6, 6.07) is 6.00. The van der Waals surface area contributed by atoms with Crippen LogP contribution in [0.25, 0.3) is 11.0 Å². The molecule has 5 nitrogen and oxygen atoms in total. The first-order valence-corrected chi connectivity index (χ1v) is 5.90. The summed E-state index contributed by atoms with van der Waals surface area (Å²) in [6.07, 6.45) is -0.0330. The van der Waals surface area contributed by atoms with Crippen LogP contribution in [0.4, 0.5) is 5.95 Å². The van der Waals surface area contributed by atoms with Crippen LogP contribution in [0.2, 0.25) is 0 Å². The number of imidazole rings is 1. The molecule has 0 radical (unpaired) electrons. The summed E-state index contributed by atoms with van der Waals surface area (Å²) in [7, 11) is 3.33. The Kier molecular flexibility index (Phi) is 3.84. The molecule has 1 atom stereocenters. The van der Waals surface area contributed by atoms with Crippen LogP contribution < -0.4 is 5.73 Å². The van der Waals surface area contributed by atoms with Gasteiger partial charge in [0.1, 0.15) is 0 Å². The fourth-order valence-electron chi connectivity index (χ4n) is 2.15. The van der Waals surface area contributed by atoms with Crippen LogP contribution in [0.3, 0.4) is 0 Å². The van der Waals surface area contributed by atoms with Gasteiger partial charge >= 0.3 is 0 Å². The molecule has 1 unspecified atom stereocenters. The molecule has 0 spiro atoms. The highest BCUT2D eigenvalue weighted by molar-refractivity contribution is 5.81. The van der Waals surface area contributed by atoms with Gasteiger partial charge in [0.2, 0.25) is 5.95 Å². The molecule has 0 fully saturated rings. The lowest BCUT2D eigenvalue weighted by Gasteiger charge is -2.16. The molecule has 0 aliphatic heterocycles. The smallest absolute Gasteiger partial charge is 0.201 e. The van der Waals surface area contributed by atoms with Crippen molar-refractivity contribution in [1.82, 2.24) is 9.55 Å². The number of fused-ring (bicyclic) bond motifs is 1. The van der Waals surface area contributed by atoms with Crippen LogP contribution >= 0.6 is 0 Å². The second-order valence-corrected chi connectivity index (χ2v) is 4.34. The number of aromatic nitrogens is 2. The van der Waals surface area contributed by atoms with Gasteiger partial charge in [-0.3, -0.25) is 0 Å². The maximum Gasteiger partial charge on any atom is 0.201 e. The van der Waals surface area contributed by atoms with Gasteiger partial charge in [0.05, 0.1) is 30.3 Å². The summed E-state index contributed by atoms with van der Waals surface area (Å²) in [4.78, 5) is 4.37. The zero-order chi connectivity index (χ0) is 13.1. The highest BCUT2D eigenvalue weighted by Gasteiger charge is 2.15. The molecule has 0 saturated heterocycles. The van der Waals surface area contributed by atoms with E-state index < -0.39 is 0 Å². The standard InChI is InChI=1S/C13H19N3O2/c1-9-5-4-6-11-12(9)16(13(14)15-11)7-10(18-3)8-17-2/h4-6,10H,7-8H2,1-3H3,(H2,14,15). The molecule has 1 heterocycles. The minimum Gasteiger partial charge on any atom is -0.382 e. The Labute approximate surface area is 107 Å². The zero-order valence-electron chi connectivity index (χ0n) is 11.0. The predicted molar refractivity (Wildman–Crippen MR) is 71.6 cm³/mol. The number of hydrogen-bond acceptors (Lipinski definition) is 4. The highest BCUT2D eigenvalue weighted by Crippen LogP contribution is 2.22. The quantitative estimate of drug-likeness (QED) is 0.874. The predicted octanol–water partition coefficient (Wildman–Crippen LogP) is 1.59. The van der Waals surface area contributed by atoms with Crippen molar-refractivity contribution in [2.24, 2.45) is 0 Å². The largest absolute Gasteiger partial charge is 0.382 e. The molecule has 0 aliphatic rings. The SMILES string of the molecule is COCC(Cn1c(N)nc2cccc(C)c21)OC. The zero-order valence-corrected chi connectivity index (χ0v) is 11.0. The van der Waals surface area contributed by atoms with Crippen LogP contribution in [0, 0.1) is 6.92 Å². The number of ether oxygens (including phenoxy) is 2. The number of rotatable bonds is 5. The van der Waals surface area contributed by atoms with E-state index in [4.69, 9.17) is 15.2 Å². The fourth-order valence-corrected chi connectivity index (χ4v) is 2.15.